The highest BCUT2D eigenvalue weighted by Gasteiger charge is 2.31. The second-order valence-electron chi connectivity index (χ2n) is 9.35. The first-order chi connectivity index (χ1) is 17.8. The Morgan fingerprint density at radius 2 is 1.73 bits per heavy atom. The van der Waals surface area contributed by atoms with E-state index in [2.05, 4.69) is 28.9 Å². The summed E-state index contributed by atoms with van der Waals surface area (Å²) in [5.41, 5.74) is 3.86. The van der Waals surface area contributed by atoms with Gasteiger partial charge in [-0.05, 0) is 53.3 Å². The van der Waals surface area contributed by atoms with Crippen molar-refractivity contribution in [2.75, 3.05) is 6.54 Å². The zero-order valence-corrected chi connectivity index (χ0v) is 20.6. The van der Waals surface area contributed by atoms with Crippen LogP contribution in [0.2, 0.25) is 0 Å². The maximum atomic E-state index is 13.8. The number of fused-ring (bicyclic) bond motifs is 1. The monoisotopic (exact) mass is 507 g/mol. The quantitative estimate of drug-likeness (QED) is 0.319. The summed E-state index contributed by atoms with van der Waals surface area (Å²) >= 11 is 0. The molecular weight excluding hydrogens is 476 g/mol. The lowest BCUT2D eigenvalue weighted by Crippen LogP contribution is -2.49. The number of carbonyl (C=O) groups excluding carboxylic acids is 2. The molecular formula is C29H31F2N3O3. The molecule has 1 aliphatic heterocycles. The van der Waals surface area contributed by atoms with E-state index >= 15 is 0 Å². The van der Waals surface area contributed by atoms with Crippen molar-refractivity contribution in [1.29, 1.82) is 0 Å². The van der Waals surface area contributed by atoms with Crippen molar-refractivity contribution >= 4 is 11.8 Å². The van der Waals surface area contributed by atoms with Crippen molar-refractivity contribution in [1.82, 2.24) is 16.0 Å². The summed E-state index contributed by atoms with van der Waals surface area (Å²) in [6.07, 6.45) is -0.112. The Hall–Kier alpha value is -3.62. The van der Waals surface area contributed by atoms with Gasteiger partial charge in [-0.3, -0.25) is 9.59 Å². The SMILES string of the molecule is CCc1cccc(CNCC(O)C(Cc2cc(F)cc(F)c2)NC(=O)CC2NC(=O)c3ccccc32)c1. The fourth-order valence-electron chi connectivity index (χ4n) is 4.67. The summed E-state index contributed by atoms with van der Waals surface area (Å²) in [6.45, 7) is 2.75. The molecule has 3 unspecified atom stereocenters. The van der Waals surface area contributed by atoms with Gasteiger partial charge >= 0.3 is 0 Å². The molecule has 0 aromatic heterocycles. The minimum absolute atomic E-state index is 0.0271. The van der Waals surface area contributed by atoms with Crippen molar-refractivity contribution in [3.63, 3.8) is 0 Å². The number of aliphatic hydroxyl groups is 1. The zero-order valence-electron chi connectivity index (χ0n) is 20.6. The van der Waals surface area contributed by atoms with Crippen LogP contribution in [0, 0.1) is 11.6 Å². The standard InChI is InChI=1S/C29H31F2N3O3/c1-2-18-6-5-7-19(10-18)16-32-17-27(35)26(13-20-11-21(30)14-22(31)12-20)33-28(36)15-25-23-8-3-4-9-24(23)29(37)34-25/h3-12,14,25-27,32,35H,2,13,15-17H2,1H3,(H,33,36)(H,34,37). The van der Waals surface area contributed by atoms with Crippen molar-refractivity contribution in [3.8, 4) is 0 Å². The number of hydrogen-bond donors (Lipinski definition) is 4. The van der Waals surface area contributed by atoms with Crippen LogP contribution in [0.3, 0.4) is 0 Å². The molecule has 0 saturated heterocycles. The van der Waals surface area contributed by atoms with Gasteiger partial charge in [-0.15, -0.1) is 0 Å². The molecule has 2 amide bonds. The van der Waals surface area contributed by atoms with Gasteiger partial charge in [0.2, 0.25) is 5.91 Å². The van der Waals surface area contributed by atoms with Crippen LogP contribution < -0.4 is 16.0 Å². The molecule has 0 aliphatic carbocycles. The van der Waals surface area contributed by atoms with Crippen LogP contribution in [-0.2, 0) is 24.2 Å². The fourth-order valence-corrected chi connectivity index (χ4v) is 4.67. The molecule has 6 nitrogen and oxygen atoms in total. The molecule has 3 aromatic rings. The van der Waals surface area contributed by atoms with Gasteiger partial charge in [-0.25, -0.2) is 8.78 Å². The van der Waals surface area contributed by atoms with Crippen LogP contribution in [0.15, 0.2) is 66.7 Å². The summed E-state index contributed by atoms with van der Waals surface area (Å²) in [7, 11) is 0. The Labute approximate surface area is 215 Å². The largest absolute Gasteiger partial charge is 0.390 e. The number of halogens is 2. The average molecular weight is 508 g/mol. The second-order valence-corrected chi connectivity index (χ2v) is 9.35. The molecule has 3 aromatic carbocycles. The molecule has 0 bridgehead atoms. The molecule has 4 N–H and O–H groups in total. The Kier molecular flexibility index (Phi) is 8.63. The van der Waals surface area contributed by atoms with Gasteiger partial charge in [0, 0.05) is 24.7 Å². The summed E-state index contributed by atoms with van der Waals surface area (Å²) in [5, 5.41) is 19.8. The van der Waals surface area contributed by atoms with E-state index in [0.717, 1.165) is 23.6 Å². The molecule has 3 atom stereocenters. The van der Waals surface area contributed by atoms with Crippen molar-refractivity contribution < 1.29 is 23.5 Å². The number of carbonyl (C=O) groups is 2. The second kappa shape index (κ2) is 12.1. The molecule has 0 fully saturated rings. The zero-order chi connectivity index (χ0) is 26.4. The number of aryl methyl sites for hydroxylation is 1. The highest BCUT2D eigenvalue weighted by Crippen LogP contribution is 2.27. The number of rotatable bonds is 11. The molecule has 0 spiro atoms. The summed E-state index contributed by atoms with van der Waals surface area (Å²) in [5.74, 6) is -2.09. The van der Waals surface area contributed by atoms with Crippen LogP contribution in [0.5, 0.6) is 0 Å². The molecule has 1 aliphatic rings. The van der Waals surface area contributed by atoms with Gasteiger partial charge in [0.15, 0.2) is 0 Å². The minimum Gasteiger partial charge on any atom is -0.390 e. The van der Waals surface area contributed by atoms with Gasteiger partial charge in [-0.2, -0.15) is 0 Å². The molecule has 0 saturated carbocycles. The van der Waals surface area contributed by atoms with Crippen molar-refractivity contribution in [2.24, 2.45) is 0 Å². The predicted molar refractivity (Wildman–Crippen MR) is 137 cm³/mol. The van der Waals surface area contributed by atoms with E-state index in [1.54, 1.807) is 24.3 Å². The Morgan fingerprint density at radius 3 is 2.49 bits per heavy atom. The lowest BCUT2D eigenvalue weighted by Gasteiger charge is -2.26. The summed E-state index contributed by atoms with van der Waals surface area (Å²) in [6, 6.07) is 17.0. The van der Waals surface area contributed by atoms with E-state index in [0.29, 0.717) is 17.7 Å². The third-order valence-electron chi connectivity index (χ3n) is 6.55. The minimum atomic E-state index is -1.03. The van der Waals surface area contributed by atoms with Crippen LogP contribution in [-0.4, -0.2) is 35.6 Å². The van der Waals surface area contributed by atoms with Crippen molar-refractivity contribution in [2.45, 2.75) is 50.9 Å². The van der Waals surface area contributed by atoms with Crippen molar-refractivity contribution in [3.05, 3.63) is 106 Å². The highest BCUT2D eigenvalue weighted by molar-refractivity contribution is 5.99. The van der Waals surface area contributed by atoms with E-state index < -0.39 is 35.7 Å². The average Bonchev–Trinajstić information content (AvgIpc) is 3.18. The van der Waals surface area contributed by atoms with Gasteiger partial charge in [0.25, 0.3) is 5.91 Å². The molecule has 1 heterocycles. The smallest absolute Gasteiger partial charge is 0.252 e. The maximum Gasteiger partial charge on any atom is 0.252 e. The van der Waals surface area contributed by atoms with E-state index in [1.807, 2.05) is 18.2 Å². The van der Waals surface area contributed by atoms with E-state index in [9.17, 15) is 23.5 Å². The van der Waals surface area contributed by atoms with E-state index in [-0.39, 0.29) is 25.3 Å². The highest BCUT2D eigenvalue weighted by atomic mass is 19.1. The third-order valence-corrected chi connectivity index (χ3v) is 6.55. The van der Waals surface area contributed by atoms with E-state index in [1.165, 1.54) is 17.7 Å². The lowest BCUT2D eigenvalue weighted by molar-refractivity contribution is -0.123. The number of nitrogens with one attached hydrogen (secondary N) is 3. The third kappa shape index (κ3) is 6.99. The molecule has 194 valence electrons. The molecule has 37 heavy (non-hydrogen) atoms. The van der Waals surface area contributed by atoms with Gasteiger partial charge < -0.3 is 21.1 Å². The topological polar surface area (TPSA) is 90.5 Å². The van der Waals surface area contributed by atoms with Crippen LogP contribution in [0.4, 0.5) is 8.78 Å². The molecule has 8 heteroatoms. The number of aliphatic hydroxyl groups excluding tert-OH is 1. The summed E-state index contributed by atoms with van der Waals surface area (Å²) in [4.78, 5) is 25.2. The summed E-state index contributed by atoms with van der Waals surface area (Å²) < 4.78 is 27.6. The first-order valence-corrected chi connectivity index (χ1v) is 12.4. The first kappa shape index (κ1) is 26.4. The van der Waals surface area contributed by atoms with Crippen LogP contribution >= 0.6 is 0 Å². The molecule has 4 rings (SSSR count). The normalized spacial score (nSPS) is 16.1. The van der Waals surface area contributed by atoms with Crippen LogP contribution in [0.25, 0.3) is 0 Å². The Morgan fingerprint density at radius 1 is 1.00 bits per heavy atom. The van der Waals surface area contributed by atoms with Crippen LogP contribution in [0.1, 0.15) is 52.0 Å². The predicted octanol–water partition coefficient (Wildman–Crippen LogP) is 3.58. The maximum absolute atomic E-state index is 13.8. The van der Waals surface area contributed by atoms with Gasteiger partial charge in [-0.1, -0.05) is 49.4 Å². The fraction of sp³-hybridized carbons (Fsp3) is 0.310. The number of hydrogen-bond acceptors (Lipinski definition) is 4. The van der Waals surface area contributed by atoms with E-state index in [4.69, 9.17) is 0 Å². The Bertz CT molecular complexity index is 1250. The first-order valence-electron chi connectivity index (χ1n) is 12.4. The number of benzene rings is 3. The van der Waals surface area contributed by atoms with Gasteiger partial charge in [0.05, 0.1) is 24.6 Å². The Balaban J connectivity index is 1.42. The van der Waals surface area contributed by atoms with Gasteiger partial charge in [0.1, 0.15) is 11.6 Å². The molecule has 0 radical (unpaired) electrons. The lowest BCUT2D eigenvalue weighted by atomic mass is 9.99. The number of amides is 2.